The van der Waals surface area contributed by atoms with Crippen LogP contribution in [0, 0.1) is 0 Å². The molecule has 0 aliphatic carbocycles. The molecule has 1 aliphatic rings. The van der Waals surface area contributed by atoms with Crippen molar-refractivity contribution in [1.82, 2.24) is 4.90 Å². The van der Waals surface area contributed by atoms with Gasteiger partial charge < -0.3 is 0 Å². The van der Waals surface area contributed by atoms with Gasteiger partial charge in [0.25, 0.3) is 11.8 Å². The number of rotatable bonds is 4. The zero-order valence-corrected chi connectivity index (χ0v) is 15.1. The van der Waals surface area contributed by atoms with E-state index >= 15 is 0 Å². The first-order valence-corrected chi connectivity index (χ1v) is 8.93. The minimum Gasteiger partial charge on any atom is -0.270 e. The summed E-state index contributed by atoms with van der Waals surface area (Å²) in [6, 6.07) is 25.3. The molecule has 0 saturated carbocycles. The number of hydrogen-bond donors (Lipinski definition) is 0. The summed E-state index contributed by atoms with van der Waals surface area (Å²) < 4.78 is 0. The summed E-state index contributed by atoms with van der Waals surface area (Å²) in [5, 5.41) is 0. The van der Waals surface area contributed by atoms with E-state index in [1.165, 1.54) is 4.90 Å². The first kappa shape index (κ1) is 17.0. The van der Waals surface area contributed by atoms with Crippen molar-refractivity contribution in [1.29, 1.82) is 0 Å². The van der Waals surface area contributed by atoms with Crippen molar-refractivity contribution < 1.29 is 9.59 Å². The second kappa shape index (κ2) is 7.04. The van der Waals surface area contributed by atoms with E-state index in [-0.39, 0.29) is 18.4 Å². The van der Waals surface area contributed by atoms with Crippen molar-refractivity contribution in [2.24, 2.45) is 0 Å². The average molecular weight is 353 g/mol. The molecule has 2 amide bonds. The number of fused-ring (bicyclic) bond motifs is 1. The van der Waals surface area contributed by atoms with Gasteiger partial charge in [0.15, 0.2) is 0 Å². The zero-order chi connectivity index (χ0) is 18.8. The molecule has 0 N–H and O–H groups in total. The number of carbonyl (C=O) groups is 2. The Balaban J connectivity index is 1.62. The highest BCUT2D eigenvalue weighted by Crippen LogP contribution is 2.29. The number of carbonyl (C=O) groups excluding carboxylic acids is 2. The molecule has 3 heteroatoms. The molecule has 132 valence electrons. The maximum absolute atomic E-state index is 12.5. The molecular weight excluding hydrogens is 334 g/mol. The summed E-state index contributed by atoms with van der Waals surface area (Å²) in [5.41, 5.74) is 5.37. The van der Waals surface area contributed by atoms with Gasteiger partial charge in [0.1, 0.15) is 0 Å². The van der Waals surface area contributed by atoms with Crippen LogP contribution < -0.4 is 0 Å². The van der Waals surface area contributed by atoms with Crippen molar-refractivity contribution in [3.8, 4) is 11.1 Å². The Hall–Kier alpha value is -3.46. The Morgan fingerprint density at radius 2 is 1.26 bits per heavy atom. The fourth-order valence-corrected chi connectivity index (χ4v) is 3.44. The van der Waals surface area contributed by atoms with E-state index in [0.29, 0.717) is 11.1 Å². The minimum atomic E-state index is -0.226. The smallest absolute Gasteiger partial charge is 0.261 e. The van der Waals surface area contributed by atoms with Gasteiger partial charge in [-0.15, -0.1) is 0 Å². The molecule has 0 bridgehead atoms. The van der Waals surface area contributed by atoms with Crippen LogP contribution in [-0.2, 0) is 0 Å². The quantitative estimate of drug-likeness (QED) is 0.615. The van der Waals surface area contributed by atoms with Gasteiger partial charge in [-0.05, 0) is 41.3 Å². The fourth-order valence-electron chi connectivity index (χ4n) is 3.44. The first-order valence-electron chi connectivity index (χ1n) is 8.93. The summed E-state index contributed by atoms with van der Waals surface area (Å²) in [5.74, 6) is -0.452. The van der Waals surface area contributed by atoms with Gasteiger partial charge in [-0.3, -0.25) is 14.5 Å². The number of benzene rings is 3. The van der Waals surface area contributed by atoms with Gasteiger partial charge in [0.05, 0.1) is 11.1 Å². The predicted octanol–water partition coefficient (Wildman–Crippen LogP) is 5.05. The molecule has 1 aliphatic heterocycles. The number of hydrogen-bond acceptors (Lipinski definition) is 2. The summed E-state index contributed by atoms with van der Waals surface area (Å²) in [6.07, 6.45) is 1.95. The lowest BCUT2D eigenvalue weighted by Gasteiger charge is -2.14. The van der Waals surface area contributed by atoms with Gasteiger partial charge in [0, 0.05) is 6.54 Å². The number of imide groups is 1. The van der Waals surface area contributed by atoms with Crippen LogP contribution in [0.2, 0.25) is 0 Å². The molecule has 0 fully saturated rings. The lowest BCUT2D eigenvalue weighted by molar-refractivity contribution is 0.0672. The largest absolute Gasteiger partial charge is 0.270 e. The van der Waals surface area contributed by atoms with Crippen LogP contribution in [0.4, 0.5) is 0 Å². The molecule has 4 rings (SSSR count). The third-order valence-electron chi connectivity index (χ3n) is 4.89. The van der Waals surface area contributed by atoms with E-state index in [0.717, 1.165) is 22.3 Å². The van der Waals surface area contributed by atoms with Crippen LogP contribution in [0.1, 0.15) is 33.2 Å². The number of allylic oxidation sites excluding steroid dienone is 1. The average Bonchev–Trinajstić information content (AvgIpc) is 2.97. The summed E-state index contributed by atoms with van der Waals surface area (Å²) >= 11 is 0. The molecule has 1 heterocycles. The summed E-state index contributed by atoms with van der Waals surface area (Å²) in [7, 11) is 0. The van der Waals surface area contributed by atoms with Crippen molar-refractivity contribution >= 4 is 17.4 Å². The maximum Gasteiger partial charge on any atom is 0.261 e. The fraction of sp³-hybridized carbons (Fsp3) is 0.0833. The highest BCUT2D eigenvalue weighted by Gasteiger charge is 2.34. The SMILES string of the molecule is CC(=CCN1C(=O)c2ccccc2C1=O)c1ccccc1-c1ccccc1. The Bertz CT molecular complexity index is 1020. The zero-order valence-electron chi connectivity index (χ0n) is 15.1. The van der Waals surface area contributed by atoms with E-state index in [4.69, 9.17) is 0 Å². The molecule has 0 spiro atoms. The Labute approximate surface area is 158 Å². The van der Waals surface area contributed by atoms with E-state index in [1.54, 1.807) is 24.3 Å². The molecule has 3 nitrogen and oxygen atoms in total. The molecule has 0 saturated heterocycles. The summed E-state index contributed by atoms with van der Waals surface area (Å²) in [6.45, 7) is 2.28. The van der Waals surface area contributed by atoms with Crippen LogP contribution in [0.25, 0.3) is 16.7 Å². The lowest BCUT2D eigenvalue weighted by Crippen LogP contribution is -2.29. The van der Waals surface area contributed by atoms with Gasteiger partial charge in [-0.1, -0.05) is 72.8 Å². The molecule has 3 aromatic rings. The van der Waals surface area contributed by atoms with E-state index in [9.17, 15) is 9.59 Å². The number of nitrogens with zero attached hydrogens (tertiary/aromatic N) is 1. The monoisotopic (exact) mass is 353 g/mol. The maximum atomic E-state index is 12.5. The molecule has 0 unspecified atom stereocenters. The van der Waals surface area contributed by atoms with E-state index < -0.39 is 0 Å². The van der Waals surface area contributed by atoms with Gasteiger partial charge in [-0.2, -0.15) is 0 Å². The molecule has 3 aromatic carbocycles. The first-order chi connectivity index (χ1) is 13.2. The highest BCUT2D eigenvalue weighted by molar-refractivity contribution is 6.21. The van der Waals surface area contributed by atoms with Gasteiger partial charge in [-0.25, -0.2) is 0 Å². The van der Waals surface area contributed by atoms with Crippen molar-refractivity contribution in [2.75, 3.05) is 6.54 Å². The third kappa shape index (κ3) is 3.08. The van der Waals surface area contributed by atoms with Gasteiger partial charge >= 0.3 is 0 Å². The minimum absolute atomic E-state index is 0.226. The summed E-state index contributed by atoms with van der Waals surface area (Å²) in [4.78, 5) is 26.3. The third-order valence-corrected chi connectivity index (χ3v) is 4.89. The van der Waals surface area contributed by atoms with Crippen LogP contribution in [0.3, 0.4) is 0 Å². The second-order valence-electron chi connectivity index (χ2n) is 6.57. The van der Waals surface area contributed by atoms with E-state index in [1.807, 2.05) is 43.3 Å². The Kier molecular flexibility index (Phi) is 4.43. The molecule has 27 heavy (non-hydrogen) atoms. The molecule has 0 radical (unpaired) electrons. The molecular formula is C24H19NO2. The van der Waals surface area contributed by atoms with Crippen LogP contribution in [0.5, 0.6) is 0 Å². The van der Waals surface area contributed by atoms with Crippen LogP contribution >= 0.6 is 0 Å². The van der Waals surface area contributed by atoms with Crippen molar-refractivity contribution in [2.45, 2.75) is 6.92 Å². The normalized spacial score (nSPS) is 13.8. The van der Waals surface area contributed by atoms with Crippen molar-refractivity contribution in [3.05, 3.63) is 102 Å². The topological polar surface area (TPSA) is 37.4 Å². The Morgan fingerprint density at radius 3 is 1.89 bits per heavy atom. The second-order valence-corrected chi connectivity index (χ2v) is 6.57. The molecule has 0 aromatic heterocycles. The van der Waals surface area contributed by atoms with Crippen LogP contribution in [0.15, 0.2) is 84.9 Å². The van der Waals surface area contributed by atoms with Crippen LogP contribution in [-0.4, -0.2) is 23.3 Å². The lowest BCUT2D eigenvalue weighted by atomic mass is 9.95. The van der Waals surface area contributed by atoms with Gasteiger partial charge in [0.2, 0.25) is 0 Å². The predicted molar refractivity (Wildman–Crippen MR) is 107 cm³/mol. The molecule has 0 atom stereocenters. The number of amides is 2. The standard InChI is InChI=1S/C24H19NO2/c1-17(19-11-5-6-12-20(19)18-9-3-2-4-10-18)15-16-25-23(26)21-13-7-8-14-22(21)24(25)27/h2-15H,16H2,1H3. The highest BCUT2D eigenvalue weighted by atomic mass is 16.2. The van der Waals surface area contributed by atoms with Crippen molar-refractivity contribution in [3.63, 3.8) is 0 Å². The van der Waals surface area contributed by atoms with E-state index in [2.05, 4.69) is 24.3 Å². The Morgan fingerprint density at radius 1 is 0.741 bits per heavy atom.